The number of benzene rings is 2. The van der Waals surface area contributed by atoms with Crippen LogP contribution in [0.3, 0.4) is 0 Å². The van der Waals surface area contributed by atoms with Crippen molar-refractivity contribution >= 4 is 23.4 Å². The second kappa shape index (κ2) is 9.16. The van der Waals surface area contributed by atoms with Gasteiger partial charge in [0.05, 0.1) is 18.0 Å². The number of para-hydroxylation sites is 2. The number of anilines is 1. The number of nitrogens with one attached hydrogen (secondary N) is 2. The Kier molecular flexibility index (Phi) is 6.59. The Balaban J connectivity index is 1.77. The molecule has 0 spiro atoms. The standard InChI is InChI=1S/C19H16F3N3O5S/c1-11(16(26)23-14-5-3-4-6-15(14)29-19(20,21)22)31-17-18(27)30-24-25(17)12-7-9-13(28-2)10-8-12/h3-11H,1-2H3,(H-,23,24,26,27)/p+1. The number of thioether (sulfide) groups is 1. The van der Waals surface area contributed by atoms with Gasteiger partial charge in [0, 0.05) is 12.1 Å². The second-order valence-corrected chi connectivity index (χ2v) is 7.44. The number of carbonyl (C=O) groups is 1. The summed E-state index contributed by atoms with van der Waals surface area (Å²) in [4.78, 5) is 24.7. The van der Waals surface area contributed by atoms with Crippen molar-refractivity contribution in [2.75, 3.05) is 12.4 Å². The maximum atomic E-state index is 12.6. The lowest BCUT2D eigenvalue weighted by Gasteiger charge is -2.15. The maximum Gasteiger partial charge on any atom is 0.573 e. The quantitative estimate of drug-likeness (QED) is 0.418. The highest BCUT2D eigenvalue weighted by Crippen LogP contribution is 2.30. The Labute approximate surface area is 177 Å². The zero-order chi connectivity index (χ0) is 22.6. The van der Waals surface area contributed by atoms with Crippen molar-refractivity contribution in [3.63, 3.8) is 0 Å². The largest absolute Gasteiger partial charge is 0.573 e. The maximum absolute atomic E-state index is 12.6. The molecule has 0 aliphatic carbocycles. The van der Waals surface area contributed by atoms with Gasteiger partial charge in [0.25, 0.3) is 0 Å². The Morgan fingerprint density at radius 1 is 1.19 bits per heavy atom. The number of aromatic amines is 1. The first-order valence-electron chi connectivity index (χ1n) is 8.78. The fourth-order valence-electron chi connectivity index (χ4n) is 2.50. The van der Waals surface area contributed by atoms with Crippen LogP contribution < -0.4 is 25.1 Å². The van der Waals surface area contributed by atoms with E-state index in [2.05, 4.69) is 15.3 Å². The molecule has 0 saturated heterocycles. The van der Waals surface area contributed by atoms with Gasteiger partial charge >= 0.3 is 17.0 Å². The van der Waals surface area contributed by atoms with E-state index in [4.69, 9.17) is 9.26 Å². The number of hydrogen-bond acceptors (Lipinski definition) is 6. The van der Waals surface area contributed by atoms with E-state index >= 15 is 0 Å². The lowest BCUT2D eigenvalue weighted by atomic mass is 10.3. The Morgan fingerprint density at radius 2 is 1.87 bits per heavy atom. The Bertz CT molecular complexity index is 1110. The van der Waals surface area contributed by atoms with Crippen molar-refractivity contribution in [1.29, 1.82) is 0 Å². The van der Waals surface area contributed by atoms with Crippen molar-refractivity contribution in [3.05, 3.63) is 59.0 Å². The van der Waals surface area contributed by atoms with Crippen molar-refractivity contribution in [3.8, 4) is 17.2 Å². The Hall–Kier alpha value is -3.41. The molecule has 1 heterocycles. The summed E-state index contributed by atoms with van der Waals surface area (Å²) in [5, 5.41) is 4.05. The van der Waals surface area contributed by atoms with Crippen LogP contribution in [0.1, 0.15) is 6.92 Å². The lowest BCUT2D eigenvalue weighted by Crippen LogP contribution is -2.37. The molecule has 1 unspecified atom stereocenters. The molecular formula is C19H17F3N3O5S+. The molecule has 3 aromatic rings. The van der Waals surface area contributed by atoms with Crippen LogP contribution in [0, 0.1) is 0 Å². The van der Waals surface area contributed by atoms with Crippen molar-refractivity contribution in [2.24, 2.45) is 0 Å². The molecule has 12 heteroatoms. The summed E-state index contributed by atoms with van der Waals surface area (Å²) in [6.07, 6.45) is -4.91. The molecule has 3 rings (SSSR count). The molecule has 31 heavy (non-hydrogen) atoms. The minimum absolute atomic E-state index is 0.0765. The van der Waals surface area contributed by atoms with Gasteiger partial charge in [-0.3, -0.25) is 9.32 Å². The highest BCUT2D eigenvalue weighted by molar-refractivity contribution is 8.00. The van der Waals surface area contributed by atoms with Crippen LogP contribution in [-0.2, 0) is 4.79 Å². The predicted molar refractivity (Wildman–Crippen MR) is 104 cm³/mol. The van der Waals surface area contributed by atoms with Gasteiger partial charge in [0.1, 0.15) is 5.75 Å². The van der Waals surface area contributed by atoms with E-state index in [0.29, 0.717) is 11.4 Å². The van der Waals surface area contributed by atoms with Gasteiger partial charge in [-0.05, 0) is 52.9 Å². The average molecular weight is 456 g/mol. The third-order valence-electron chi connectivity index (χ3n) is 3.97. The number of nitrogens with zero attached hydrogens (tertiary/aromatic N) is 1. The number of aromatic nitrogens is 2. The van der Waals surface area contributed by atoms with Crippen LogP contribution in [-0.4, -0.2) is 29.9 Å². The smallest absolute Gasteiger partial charge is 0.497 e. The molecular weight excluding hydrogens is 439 g/mol. The summed E-state index contributed by atoms with van der Waals surface area (Å²) in [6.45, 7) is 1.50. The molecule has 1 atom stereocenters. The SMILES string of the molecule is COc1ccc(-[n+]2[nH]oc(=O)c2SC(C)C(=O)Nc2ccccc2OC(F)(F)F)cc1. The average Bonchev–Trinajstić information content (AvgIpc) is 3.08. The molecule has 2 aromatic carbocycles. The van der Waals surface area contributed by atoms with Crippen LogP contribution >= 0.6 is 11.8 Å². The molecule has 0 radical (unpaired) electrons. The Morgan fingerprint density at radius 3 is 2.52 bits per heavy atom. The highest BCUT2D eigenvalue weighted by Gasteiger charge is 2.33. The van der Waals surface area contributed by atoms with Crippen molar-refractivity contribution in [1.82, 2.24) is 5.27 Å². The summed E-state index contributed by atoms with van der Waals surface area (Å²) < 4.78 is 52.9. The molecule has 2 N–H and O–H groups in total. The first kappa shape index (κ1) is 22.3. The van der Waals surface area contributed by atoms with E-state index in [1.807, 2.05) is 0 Å². The monoisotopic (exact) mass is 456 g/mol. The van der Waals surface area contributed by atoms with E-state index in [9.17, 15) is 22.8 Å². The number of carbonyl (C=O) groups excluding carboxylic acids is 1. The number of amides is 1. The summed E-state index contributed by atoms with van der Waals surface area (Å²) in [7, 11) is 1.52. The van der Waals surface area contributed by atoms with Gasteiger partial charge in [-0.2, -0.15) is 0 Å². The molecule has 0 aliphatic rings. The number of methoxy groups -OCH3 is 1. The van der Waals surface area contributed by atoms with Crippen LogP contribution in [0.2, 0.25) is 0 Å². The number of halogens is 3. The van der Waals surface area contributed by atoms with Crippen molar-refractivity contribution in [2.45, 2.75) is 23.6 Å². The first-order valence-corrected chi connectivity index (χ1v) is 9.66. The normalized spacial score (nSPS) is 12.3. The van der Waals surface area contributed by atoms with Gasteiger partial charge in [-0.1, -0.05) is 12.1 Å². The fourth-order valence-corrected chi connectivity index (χ4v) is 3.39. The van der Waals surface area contributed by atoms with E-state index in [1.165, 1.54) is 36.9 Å². The third-order valence-corrected chi connectivity index (χ3v) is 5.11. The molecule has 0 aliphatic heterocycles. The molecule has 1 amide bonds. The summed E-state index contributed by atoms with van der Waals surface area (Å²) in [5.41, 5.74) is -0.312. The summed E-state index contributed by atoms with van der Waals surface area (Å²) in [6, 6.07) is 11.9. The number of H-pyrrole nitrogens is 1. The summed E-state index contributed by atoms with van der Waals surface area (Å²) in [5.74, 6) is -0.572. The number of hydrogen-bond donors (Lipinski definition) is 2. The van der Waals surface area contributed by atoms with E-state index in [-0.39, 0.29) is 10.7 Å². The van der Waals surface area contributed by atoms with Gasteiger partial charge in [-0.15, -0.1) is 13.2 Å². The molecule has 164 valence electrons. The zero-order valence-corrected chi connectivity index (χ0v) is 17.0. The van der Waals surface area contributed by atoms with Crippen LogP contribution in [0.25, 0.3) is 5.69 Å². The fraction of sp³-hybridized carbons (Fsp3) is 0.211. The minimum Gasteiger partial charge on any atom is -0.497 e. The van der Waals surface area contributed by atoms with E-state index < -0.39 is 28.9 Å². The number of alkyl halides is 3. The predicted octanol–water partition coefficient (Wildman–Crippen LogP) is 3.27. The molecule has 1 aromatic heterocycles. The van der Waals surface area contributed by atoms with E-state index in [1.54, 1.807) is 24.3 Å². The zero-order valence-electron chi connectivity index (χ0n) is 16.2. The van der Waals surface area contributed by atoms with Gasteiger partial charge in [0.2, 0.25) is 11.6 Å². The molecule has 0 saturated carbocycles. The van der Waals surface area contributed by atoms with Crippen molar-refractivity contribution < 1.29 is 36.6 Å². The number of rotatable bonds is 7. The minimum atomic E-state index is -4.91. The molecule has 0 fully saturated rings. The van der Waals surface area contributed by atoms with Gasteiger partial charge < -0.3 is 14.8 Å². The van der Waals surface area contributed by atoms with Gasteiger partial charge in [-0.25, -0.2) is 4.79 Å². The highest BCUT2D eigenvalue weighted by atomic mass is 32.2. The second-order valence-electron chi connectivity index (χ2n) is 6.11. The van der Waals surface area contributed by atoms with Crippen LogP contribution in [0.4, 0.5) is 18.9 Å². The lowest BCUT2D eigenvalue weighted by molar-refractivity contribution is -0.704. The molecule has 0 bridgehead atoms. The van der Waals surface area contributed by atoms with E-state index in [0.717, 1.165) is 17.8 Å². The molecule has 8 nitrogen and oxygen atoms in total. The topological polar surface area (TPSA) is 97.4 Å². The summed E-state index contributed by atoms with van der Waals surface area (Å²) >= 11 is 0.874. The van der Waals surface area contributed by atoms with Crippen LogP contribution in [0.15, 0.2) is 62.9 Å². The third kappa shape index (κ3) is 5.60. The number of ether oxygens (including phenoxy) is 2. The van der Waals surface area contributed by atoms with Gasteiger partial charge in [0.15, 0.2) is 5.75 Å². The van der Waals surface area contributed by atoms with Crippen LogP contribution in [0.5, 0.6) is 11.5 Å². The first-order chi connectivity index (χ1) is 14.7.